The van der Waals surface area contributed by atoms with Crippen LogP contribution >= 0.6 is 0 Å². The normalized spacial score (nSPS) is 10.8. The van der Waals surface area contributed by atoms with Gasteiger partial charge in [-0.1, -0.05) is 6.07 Å². The summed E-state index contributed by atoms with van der Waals surface area (Å²) in [4.78, 5) is 21.5. The van der Waals surface area contributed by atoms with E-state index in [-0.39, 0.29) is 23.7 Å². The molecule has 0 unspecified atom stereocenters. The van der Waals surface area contributed by atoms with Gasteiger partial charge in [0, 0.05) is 11.6 Å². The van der Waals surface area contributed by atoms with Crippen LogP contribution in [0.1, 0.15) is 20.8 Å². The number of amides is 1. The first-order valence-electron chi connectivity index (χ1n) is 5.46. The number of benzene rings is 1. The first-order chi connectivity index (χ1) is 8.28. The molecular weight excluding hydrogens is 236 g/mol. The van der Waals surface area contributed by atoms with Gasteiger partial charge in [-0.3, -0.25) is 14.9 Å². The Morgan fingerprint density at radius 3 is 2.67 bits per heavy atom. The van der Waals surface area contributed by atoms with E-state index in [2.05, 4.69) is 5.32 Å². The van der Waals surface area contributed by atoms with Gasteiger partial charge in [0.2, 0.25) is 0 Å². The number of carbonyl (C=O) groups excluding carboxylic acids is 1. The zero-order valence-corrected chi connectivity index (χ0v) is 10.6. The minimum Gasteiger partial charge on any atom is -0.484 e. The van der Waals surface area contributed by atoms with Gasteiger partial charge in [0.05, 0.1) is 11.0 Å². The van der Waals surface area contributed by atoms with Gasteiger partial charge in [-0.05, 0) is 26.8 Å². The highest BCUT2D eigenvalue weighted by Gasteiger charge is 2.14. The summed E-state index contributed by atoms with van der Waals surface area (Å²) >= 11 is 0. The monoisotopic (exact) mass is 252 g/mol. The van der Waals surface area contributed by atoms with Gasteiger partial charge in [-0.25, -0.2) is 0 Å². The molecule has 1 aromatic rings. The quantitative estimate of drug-likeness (QED) is 0.655. The summed E-state index contributed by atoms with van der Waals surface area (Å²) in [5.41, 5.74) is -0.396. The first-order valence-corrected chi connectivity index (χ1v) is 5.46. The van der Waals surface area contributed by atoms with Crippen molar-refractivity contribution in [2.24, 2.45) is 0 Å². The molecule has 0 saturated carbocycles. The van der Waals surface area contributed by atoms with Crippen LogP contribution in [0.15, 0.2) is 24.3 Å². The van der Waals surface area contributed by atoms with Crippen LogP contribution in [0, 0.1) is 10.1 Å². The van der Waals surface area contributed by atoms with Crippen molar-refractivity contribution < 1.29 is 14.5 Å². The van der Waals surface area contributed by atoms with E-state index in [1.54, 1.807) is 6.07 Å². The lowest BCUT2D eigenvalue weighted by Crippen LogP contribution is -2.43. The van der Waals surface area contributed by atoms with Crippen LogP contribution in [0.2, 0.25) is 0 Å². The summed E-state index contributed by atoms with van der Waals surface area (Å²) in [5.74, 6) is 0.0299. The Bertz CT molecular complexity index is 452. The van der Waals surface area contributed by atoms with Crippen molar-refractivity contribution in [1.29, 1.82) is 0 Å². The Morgan fingerprint density at radius 2 is 2.11 bits per heavy atom. The van der Waals surface area contributed by atoms with Gasteiger partial charge >= 0.3 is 0 Å². The van der Waals surface area contributed by atoms with Crippen LogP contribution < -0.4 is 10.1 Å². The molecule has 6 heteroatoms. The summed E-state index contributed by atoms with van der Waals surface area (Å²) in [6.07, 6.45) is 0. The summed E-state index contributed by atoms with van der Waals surface area (Å²) in [6.45, 7) is 5.41. The lowest BCUT2D eigenvalue weighted by molar-refractivity contribution is -0.384. The minimum absolute atomic E-state index is 0.0660. The third-order valence-electron chi connectivity index (χ3n) is 1.91. The Hall–Kier alpha value is -2.11. The maximum absolute atomic E-state index is 11.5. The first kappa shape index (κ1) is 14.0. The summed E-state index contributed by atoms with van der Waals surface area (Å²) in [6, 6.07) is 5.72. The smallest absolute Gasteiger partial charge is 0.273 e. The van der Waals surface area contributed by atoms with E-state index in [4.69, 9.17) is 4.74 Å². The van der Waals surface area contributed by atoms with Gasteiger partial charge in [-0.15, -0.1) is 0 Å². The molecule has 1 rings (SSSR count). The largest absolute Gasteiger partial charge is 0.484 e. The molecule has 6 nitrogen and oxygen atoms in total. The second kappa shape index (κ2) is 5.48. The summed E-state index contributed by atoms with van der Waals surface area (Å²) < 4.78 is 5.19. The number of nitro benzene ring substituents is 1. The van der Waals surface area contributed by atoms with E-state index in [1.165, 1.54) is 18.2 Å². The molecule has 0 aliphatic heterocycles. The Morgan fingerprint density at radius 1 is 1.44 bits per heavy atom. The number of nitrogens with one attached hydrogen (secondary N) is 1. The fourth-order valence-corrected chi connectivity index (χ4v) is 1.29. The number of hydrogen-bond donors (Lipinski definition) is 1. The molecule has 0 radical (unpaired) electrons. The zero-order chi connectivity index (χ0) is 13.8. The fourth-order valence-electron chi connectivity index (χ4n) is 1.29. The Balaban J connectivity index is 2.56. The molecule has 0 bridgehead atoms. The van der Waals surface area contributed by atoms with E-state index in [0.29, 0.717) is 5.75 Å². The molecule has 0 aromatic heterocycles. The molecule has 0 spiro atoms. The van der Waals surface area contributed by atoms with E-state index in [0.717, 1.165) is 0 Å². The molecular formula is C12H16N2O4. The fraction of sp³-hybridized carbons (Fsp3) is 0.417. The molecule has 0 aliphatic rings. The average Bonchev–Trinajstić information content (AvgIpc) is 2.24. The van der Waals surface area contributed by atoms with Gasteiger partial charge in [0.15, 0.2) is 6.61 Å². The maximum atomic E-state index is 11.5. The van der Waals surface area contributed by atoms with Crippen LogP contribution in [0.25, 0.3) is 0 Å². The highest BCUT2D eigenvalue weighted by atomic mass is 16.6. The highest BCUT2D eigenvalue weighted by molar-refractivity contribution is 5.78. The number of hydrogen-bond acceptors (Lipinski definition) is 4. The molecule has 0 saturated heterocycles. The van der Waals surface area contributed by atoms with Crippen LogP contribution in [-0.2, 0) is 4.79 Å². The van der Waals surface area contributed by atoms with Crippen LogP contribution in [0.5, 0.6) is 5.75 Å². The van der Waals surface area contributed by atoms with Crippen molar-refractivity contribution in [1.82, 2.24) is 5.32 Å². The minimum atomic E-state index is -0.512. The van der Waals surface area contributed by atoms with Gasteiger partial charge in [-0.2, -0.15) is 0 Å². The van der Waals surface area contributed by atoms with Gasteiger partial charge < -0.3 is 10.1 Å². The Labute approximate surface area is 105 Å². The molecule has 1 amide bonds. The van der Waals surface area contributed by atoms with E-state index in [1.807, 2.05) is 20.8 Å². The number of non-ortho nitro benzene ring substituents is 1. The predicted octanol–water partition coefficient (Wildman–Crippen LogP) is 1.89. The number of nitro groups is 1. The van der Waals surface area contributed by atoms with E-state index in [9.17, 15) is 14.9 Å². The third kappa shape index (κ3) is 4.82. The van der Waals surface area contributed by atoms with Gasteiger partial charge in [0.1, 0.15) is 5.75 Å². The molecule has 1 aromatic carbocycles. The van der Waals surface area contributed by atoms with Crippen molar-refractivity contribution in [3.05, 3.63) is 34.4 Å². The predicted molar refractivity (Wildman–Crippen MR) is 66.5 cm³/mol. The van der Waals surface area contributed by atoms with Crippen molar-refractivity contribution in [3.63, 3.8) is 0 Å². The van der Waals surface area contributed by atoms with Crippen molar-refractivity contribution in [2.45, 2.75) is 26.3 Å². The van der Waals surface area contributed by atoms with Crippen LogP contribution in [-0.4, -0.2) is 23.0 Å². The lowest BCUT2D eigenvalue weighted by atomic mass is 10.1. The molecule has 98 valence electrons. The van der Waals surface area contributed by atoms with Crippen LogP contribution in [0.4, 0.5) is 5.69 Å². The van der Waals surface area contributed by atoms with Crippen molar-refractivity contribution >= 4 is 11.6 Å². The Kier molecular flexibility index (Phi) is 4.25. The topological polar surface area (TPSA) is 81.5 Å². The van der Waals surface area contributed by atoms with E-state index >= 15 is 0 Å². The summed E-state index contributed by atoms with van der Waals surface area (Å²) in [5, 5.41) is 13.3. The second-order valence-electron chi connectivity index (χ2n) is 4.84. The third-order valence-corrected chi connectivity index (χ3v) is 1.91. The van der Waals surface area contributed by atoms with Crippen molar-refractivity contribution in [2.75, 3.05) is 6.61 Å². The van der Waals surface area contributed by atoms with Crippen LogP contribution in [0.3, 0.4) is 0 Å². The number of carbonyl (C=O) groups is 1. The summed E-state index contributed by atoms with van der Waals surface area (Å²) in [7, 11) is 0. The number of nitrogens with zero attached hydrogens (tertiary/aromatic N) is 1. The SMILES string of the molecule is CC(C)(C)NC(=O)COc1cccc([N+](=O)[O-])c1. The molecule has 0 atom stereocenters. The molecule has 0 aliphatic carbocycles. The number of ether oxygens (including phenoxy) is 1. The van der Waals surface area contributed by atoms with Crippen molar-refractivity contribution in [3.8, 4) is 5.75 Å². The van der Waals surface area contributed by atoms with E-state index < -0.39 is 4.92 Å². The standard InChI is InChI=1S/C12H16N2O4/c1-12(2,3)13-11(15)8-18-10-6-4-5-9(7-10)14(16)17/h4-7H,8H2,1-3H3,(H,13,15). The molecule has 0 heterocycles. The second-order valence-corrected chi connectivity index (χ2v) is 4.84. The number of rotatable bonds is 4. The van der Waals surface area contributed by atoms with Gasteiger partial charge in [0.25, 0.3) is 11.6 Å². The molecule has 0 fully saturated rings. The lowest BCUT2D eigenvalue weighted by Gasteiger charge is -2.20. The highest BCUT2D eigenvalue weighted by Crippen LogP contribution is 2.18. The molecule has 18 heavy (non-hydrogen) atoms. The average molecular weight is 252 g/mol. The maximum Gasteiger partial charge on any atom is 0.273 e. The zero-order valence-electron chi connectivity index (χ0n) is 10.6. The molecule has 1 N–H and O–H groups in total.